The van der Waals surface area contributed by atoms with Gasteiger partial charge in [0.25, 0.3) is 5.91 Å². The first-order valence-corrected chi connectivity index (χ1v) is 6.58. The van der Waals surface area contributed by atoms with Crippen LogP contribution in [0.4, 0.5) is 10.2 Å². The first kappa shape index (κ1) is 14.2. The van der Waals surface area contributed by atoms with E-state index in [-0.39, 0.29) is 10.6 Å². The van der Waals surface area contributed by atoms with Gasteiger partial charge >= 0.3 is 0 Å². The van der Waals surface area contributed by atoms with Crippen LogP contribution < -0.4 is 5.32 Å². The molecular weight excluding hydrogens is 309 g/mol. The number of amides is 1. The zero-order valence-corrected chi connectivity index (χ0v) is 11.8. The van der Waals surface area contributed by atoms with Gasteiger partial charge in [-0.2, -0.15) is 0 Å². The number of rotatable bonds is 3. The lowest BCUT2D eigenvalue weighted by atomic mass is 10.2. The van der Waals surface area contributed by atoms with Gasteiger partial charge in [0, 0.05) is 18.5 Å². The molecule has 2 heterocycles. The van der Waals surface area contributed by atoms with Crippen LogP contribution in [0, 0.1) is 5.82 Å². The van der Waals surface area contributed by atoms with Crippen molar-refractivity contribution in [2.45, 2.75) is 0 Å². The minimum absolute atomic E-state index is 0.0291. The van der Waals surface area contributed by atoms with Crippen molar-refractivity contribution in [2.75, 3.05) is 5.32 Å². The highest BCUT2D eigenvalue weighted by molar-refractivity contribution is 6.34. The van der Waals surface area contributed by atoms with Gasteiger partial charge in [0.05, 0.1) is 10.6 Å². The smallest absolute Gasteiger partial charge is 0.258 e. The predicted molar refractivity (Wildman–Crippen MR) is 78.5 cm³/mol. The van der Waals surface area contributed by atoms with E-state index >= 15 is 0 Å². The third-order valence-electron chi connectivity index (χ3n) is 2.84. The molecule has 0 fully saturated rings. The summed E-state index contributed by atoms with van der Waals surface area (Å²) in [5, 5.41) is 2.62. The lowest BCUT2D eigenvalue weighted by Gasteiger charge is -2.07. The summed E-state index contributed by atoms with van der Waals surface area (Å²) in [5.74, 6) is -0.150. The molecule has 0 atom stereocenters. The number of hydrogen-bond donors (Lipinski definition) is 1. The standard InChI is InChI=1S/C14H9ClFN5O/c15-11-5-9(16)1-2-10(11)14(22)20-12-6-13(19-7-18-12)21-4-3-17-8-21/h1-8H,(H,18,19,20,22). The Labute approximate surface area is 129 Å². The SMILES string of the molecule is O=C(Nc1cc(-n2ccnc2)ncn1)c1ccc(F)cc1Cl. The number of nitrogens with one attached hydrogen (secondary N) is 1. The Kier molecular flexibility index (Phi) is 3.80. The quantitative estimate of drug-likeness (QED) is 0.806. The zero-order valence-electron chi connectivity index (χ0n) is 11.1. The van der Waals surface area contributed by atoms with Gasteiger partial charge in [-0.1, -0.05) is 11.6 Å². The minimum Gasteiger partial charge on any atom is -0.306 e. The average molecular weight is 318 g/mol. The third-order valence-corrected chi connectivity index (χ3v) is 3.15. The number of nitrogens with zero attached hydrogens (tertiary/aromatic N) is 4. The van der Waals surface area contributed by atoms with Crippen molar-refractivity contribution >= 4 is 23.3 Å². The van der Waals surface area contributed by atoms with E-state index < -0.39 is 11.7 Å². The van der Waals surface area contributed by atoms with Gasteiger partial charge in [0.15, 0.2) is 0 Å². The highest BCUT2D eigenvalue weighted by Crippen LogP contribution is 2.18. The molecule has 0 saturated carbocycles. The Balaban J connectivity index is 1.84. The van der Waals surface area contributed by atoms with Crippen molar-refractivity contribution in [1.82, 2.24) is 19.5 Å². The van der Waals surface area contributed by atoms with Gasteiger partial charge in [-0.05, 0) is 18.2 Å². The van der Waals surface area contributed by atoms with Crippen LogP contribution in [0.1, 0.15) is 10.4 Å². The van der Waals surface area contributed by atoms with Gasteiger partial charge in [-0.25, -0.2) is 19.3 Å². The molecule has 0 saturated heterocycles. The number of anilines is 1. The van der Waals surface area contributed by atoms with E-state index in [1.165, 1.54) is 12.4 Å². The summed E-state index contributed by atoms with van der Waals surface area (Å²) in [4.78, 5) is 24.1. The molecule has 3 rings (SSSR count). The normalized spacial score (nSPS) is 10.5. The molecule has 0 spiro atoms. The van der Waals surface area contributed by atoms with E-state index in [0.717, 1.165) is 12.1 Å². The molecule has 2 aromatic heterocycles. The Morgan fingerprint density at radius 3 is 2.86 bits per heavy atom. The summed E-state index contributed by atoms with van der Waals surface area (Å²) in [6, 6.07) is 5.13. The van der Waals surface area contributed by atoms with Crippen LogP contribution in [0.25, 0.3) is 5.82 Å². The Bertz CT molecular complexity index is 822. The lowest BCUT2D eigenvalue weighted by Crippen LogP contribution is -2.14. The molecule has 1 N–H and O–H groups in total. The molecule has 22 heavy (non-hydrogen) atoms. The van der Waals surface area contributed by atoms with E-state index in [0.29, 0.717) is 11.6 Å². The molecular formula is C14H9ClFN5O. The number of carbonyl (C=O) groups excluding carboxylic acids is 1. The van der Waals surface area contributed by atoms with Crippen LogP contribution in [0.5, 0.6) is 0 Å². The van der Waals surface area contributed by atoms with E-state index in [9.17, 15) is 9.18 Å². The number of halogens is 2. The summed E-state index contributed by atoms with van der Waals surface area (Å²) in [7, 11) is 0. The summed E-state index contributed by atoms with van der Waals surface area (Å²) in [6.45, 7) is 0. The highest BCUT2D eigenvalue weighted by Gasteiger charge is 2.12. The Morgan fingerprint density at radius 2 is 2.14 bits per heavy atom. The minimum atomic E-state index is -0.508. The van der Waals surface area contributed by atoms with Crippen LogP contribution in [0.15, 0.2) is 49.3 Å². The second kappa shape index (κ2) is 5.90. The van der Waals surface area contributed by atoms with Crippen molar-refractivity contribution in [1.29, 1.82) is 0 Å². The number of carbonyl (C=O) groups is 1. The van der Waals surface area contributed by atoms with Crippen molar-refractivity contribution in [3.8, 4) is 5.82 Å². The molecule has 0 bridgehead atoms. The van der Waals surface area contributed by atoms with Gasteiger partial charge in [-0.3, -0.25) is 9.36 Å². The summed E-state index contributed by atoms with van der Waals surface area (Å²) in [5.41, 5.74) is 0.158. The Morgan fingerprint density at radius 1 is 1.27 bits per heavy atom. The third kappa shape index (κ3) is 2.94. The van der Waals surface area contributed by atoms with Crippen LogP contribution in [-0.2, 0) is 0 Å². The van der Waals surface area contributed by atoms with Gasteiger partial charge in [0.2, 0.25) is 0 Å². The van der Waals surface area contributed by atoms with E-state index in [2.05, 4.69) is 20.3 Å². The fourth-order valence-electron chi connectivity index (χ4n) is 1.81. The molecule has 0 radical (unpaired) electrons. The van der Waals surface area contributed by atoms with Crippen molar-refractivity contribution < 1.29 is 9.18 Å². The molecule has 3 aromatic rings. The molecule has 8 heteroatoms. The zero-order chi connectivity index (χ0) is 15.5. The maximum absolute atomic E-state index is 13.0. The van der Waals surface area contributed by atoms with E-state index in [4.69, 9.17) is 11.6 Å². The molecule has 1 aromatic carbocycles. The molecule has 6 nitrogen and oxygen atoms in total. The highest BCUT2D eigenvalue weighted by atomic mass is 35.5. The van der Waals surface area contributed by atoms with Crippen molar-refractivity contribution in [3.05, 3.63) is 65.7 Å². The summed E-state index contributed by atoms with van der Waals surface area (Å²) >= 11 is 5.86. The largest absolute Gasteiger partial charge is 0.306 e. The van der Waals surface area contributed by atoms with Crippen molar-refractivity contribution in [3.63, 3.8) is 0 Å². The number of hydrogen-bond acceptors (Lipinski definition) is 4. The van der Waals surface area contributed by atoms with E-state index in [1.807, 2.05) is 0 Å². The molecule has 0 aliphatic carbocycles. The lowest BCUT2D eigenvalue weighted by molar-refractivity contribution is 0.102. The Hall–Kier alpha value is -2.80. The predicted octanol–water partition coefficient (Wildman–Crippen LogP) is 2.71. The maximum atomic E-state index is 13.0. The van der Waals surface area contributed by atoms with Crippen LogP contribution >= 0.6 is 11.6 Å². The topological polar surface area (TPSA) is 72.7 Å². The van der Waals surface area contributed by atoms with Crippen LogP contribution in [-0.4, -0.2) is 25.4 Å². The molecule has 1 amide bonds. The fraction of sp³-hybridized carbons (Fsp3) is 0. The number of benzene rings is 1. The summed E-state index contributed by atoms with van der Waals surface area (Å²) in [6.07, 6.45) is 6.21. The second-order valence-corrected chi connectivity index (χ2v) is 4.72. The number of imidazole rings is 1. The molecule has 0 aliphatic rings. The first-order chi connectivity index (χ1) is 10.6. The van der Waals surface area contributed by atoms with Crippen molar-refractivity contribution in [2.24, 2.45) is 0 Å². The molecule has 0 unspecified atom stereocenters. The first-order valence-electron chi connectivity index (χ1n) is 6.20. The average Bonchev–Trinajstić information content (AvgIpc) is 3.01. The van der Waals surface area contributed by atoms with Crippen LogP contribution in [0.2, 0.25) is 5.02 Å². The van der Waals surface area contributed by atoms with Gasteiger partial charge in [0.1, 0.15) is 30.1 Å². The monoisotopic (exact) mass is 317 g/mol. The molecule has 110 valence electrons. The summed E-state index contributed by atoms with van der Waals surface area (Å²) < 4.78 is 14.7. The van der Waals surface area contributed by atoms with E-state index in [1.54, 1.807) is 29.4 Å². The number of aromatic nitrogens is 4. The fourth-order valence-corrected chi connectivity index (χ4v) is 2.06. The van der Waals surface area contributed by atoms with Crippen LogP contribution in [0.3, 0.4) is 0 Å². The van der Waals surface area contributed by atoms with Gasteiger partial charge < -0.3 is 5.32 Å². The molecule has 0 aliphatic heterocycles. The van der Waals surface area contributed by atoms with Gasteiger partial charge in [-0.15, -0.1) is 0 Å². The second-order valence-electron chi connectivity index (χ2n) is 4.31. The maximum Gasteiger partial charge on any atom is 0.258 e.